The fourth-order valence-electron chi connectivity index (χ4n) is 4.16. The third-order valence-corrected chi connectivity index (χ3v) is 6.30. The molecular weight excluding hydrogens is 392 g/mol. The monoisotopic (exact) mass is 422 g/mol. The summed E-state index contributed by atoms with van der Waals surface area (Å²) in [7, 11) is 0. The summed E-state index contributed by atoms with van der Waals surface area (Å²) in [6.07, 6.45) is 0.503. The zero-order valence-corrected chi connectivity index (χ0v) is 17.9. The zero-order chi connectivity index (χ0) is 22.2. The quantitative estimate of drug-likeness (QED) is 0.235. The Morgan fingerprint density at radius 2 is 2.10 bits per heavy atom. The molecule has 0 radical (unpaired) electrons. The first-order valence-electron chi connectivity index (χ1n) is 10.4. The number of ether oxygens (including phenoxy) is 4. The first kappa shape index (κ1) is 22.5. The van der Waals surface area contributed by atoms with Crippen LogP contribution in [0.3, 0.4) is 0 Å². The number of aliphatic hydroxyl groups excluding tert-OH is 1. The van der Waals surface area contributed by atoms with Gasteiger partial charge in [0.25, 0.3) is 0 Å². The molecule has 2 aliphatic heterocycles. The van der Waals surface area contributed by atoms with Crippen LogP contribution in [0, 0.1) is 11.8 Å². The van der Waals surface area contributed by atoms with E-state index in [-0.39, 0.29) is 30.2 Å². The van der Waals surface area contributed by atoms with Crippen molar-refractivity contribution in [2.75, 3.05) is 6.61 Å². The van der Waals surface area contributed by atoms with Crippen LogP contribution in [0.1, 0.15) is 47.0 Å². The molecule has 0 aromatic rings. The lowest BCUT2D eigenvalue weighted by atomic mass is 9.82. The molecule has 1 aliphatic carbocycles. The predicted molar refractivity (Wildman–Crippen MR) is 105 cm³/mol. The molecule has 8 heteroatoms. The summed E-state index contributed by atoms with van der Waals surface area (Å²) < 4.78 is 22.6. The number of hydrogen-bond donors (Lipinski definition) is 1. The van der Waals surface area contributed by atoms with E-state index >= 15 is 0 Å². The number of carbonyl (C=O) groups is 3. The average Bonchev–Trinajstić information content (AvgIpc) is 3.21. The number of aliphatic hydroxyl groups is 1. The predicted octanol–water partition coefficient (Wildman–Crippen LogP) is 1.84. The Kier molecular flexibility index (Phi) is 6.38. The van der Waals surface area contributed by atoms with E-state index in [1.807, 2.05) is 13.8 Å². The molecule has 2 saturated heterocycles. The van der Waals surface area contributed by atoms with Crippen LogP contribution in [0.25, 0.3) is 0 Å². The van der Waals surface area contributed by atoms with Gasteiger partial charge in [0.15, 0.2) is 0 Å². The maximum atomic E-state index is 12.6. The molecule has 0 bridgehead atoms. The van der Waals surface area contributed by atoms with E-state index < -0.39 is 41.8 Å². The molecular formula is C22H30O8. The van der Waals surface area contributed by atoms with Crippen LogP contribution in [0.4, 0.5) is 0 Å². The van der Waals surface area contributed by atoms with Crippen LogP contribution in [0.5, 0.6) is 0 Å². The Morgan fingerprint density at radius 3 is 2.70 bits per heavy atom. The van der Waals surface area contributed by atoms with E-state index in [1.165, 1.54) is 6.92 Å². The molecule has 2 heterocycles. The Bertz CT molecular complexity index is 771. The third kappa shape index (κ3) is 4.44. The van der Waals surface area contributed by atoms with Crippen molar-refractivity contribution in [2.45, 2.75) is 77.0 Å². The van der Waals surface area contributed by atoms with Gasteiger partial charge in [-0.2, -0.15) is 0 Å². The standard InChI is InChI=1S/C22H30O8/c1-6-11(2)20(25)29-17-9-22(5)18(30-22)8-15(27-13(4)24)14(10-23)7-16-19(17)12(3)21(26)28-16/h7,11,15-19,23H,3,6,8-10H2,1-2,4-5H3/b14-7-/t11-,15-,16+,17+,18+,19-,22+/m0/s1. The average molecular weight is 422 g/mol. The van der Waals surface area contributed by atoms with Crippen molar-refractivity contribution in [2.24, 2.45) is 11.8 Å². The molecule has 0 amide bonds. The van der Waals surface area contributed by atoms with Gasteiger partial charge in [0, 0.05) is 25.3 Å². The summed E-state index contributed by atoms with van der Waals surface area (Å²) in [5.41, 5.74) is 0.00281. The molecule has 7 atom stereocenters. The molecule has 0 saturated carbocycles. The minimum absolute atomic E-state index is 0.209. The molecule has 0 aromatic heterocycles. The van der Waals surface area contributed by atoms with Gasteiger partial charge >= 0.3 is 17.9 Å². The number of fused-ring (bicyclic) bond motifs is 2. The van der Waals surface area contributed by atoms with Crippen molar-refractivity contribution in [1.29, 1.82) is 0 Å². The highest BCUT2D eigenvalue weighted by Gasteiger charge is 2.58. The fourth-order valence-corrected chi connectivity index (χ4v) is 4.16. The number of hydrogen-bond acceptors (Lipinski definition) is 8. The topological polar surface area (TPSA) is 112 Å². The van der Waals surface area contributed by atoms with Gasteiger partial charge in [-0.25, -0.2) is 4.79 Å². The van der Waals surface area contributed by atoms with Crippen molar-refractivity contribution >= 4 is 17.9 Å². The van der Waals surface area contributed by atoms with Gasteiger partial charge in [-0.1, -0.05) is 20.4 Å². The second-order valence-electron chi connectivity index (χ2n) is 8.56. The maximum absolute atomic E-state index is 12.6. The van der Waals surface area contributed by atoms with Crippen molar-refractivity contribution in [3.8, 4) is 0 Å². The van der Waals surface area contributed by atoms with E-state index in [1.54, 1.807) is 13.0 Å². The molecule has 1 N–H and O–H groups in total. The van der Waals surface area contributed by atoms with Crippen LogP contribution in [0.15, 0.2) is 23.8 Å². The van der Waals surface area contributed by atoms with Gasteiger partial charge in [-0.3, -0.25) is 9.59 Å². The normalized spacial score (nSPS) is 38.3. The lowest BCUT2D eigenvalue weighted by Crippen LogP contribution is -2.39. The van der Waals surface area contributed by atoms with Crippen LogP contribution >= 0.6 is 0 Å². The summed E-state index contributed by atoms with van der Waals surface area (Å²) in [5.74, 6) is -2.32. The number of epoxide rings is 1. The molecule has 0 spiro atoms. The first-order valence-corrected chi connectivity index (χ1v) is 10.4. The van der Waals surface area contributed by atoms with Crippen LogP contribution < -0.4 is 0 Å². The number of esters is 3. The van der Waals surface area contributed by atoms with Gasteiger partial charge in [-0.05, 0) is 25.0 Å². The smallest absolute Gasteiger partial charge is 0.334 e. The lowest BCUT2D eigenvalue weighted by Gasteiger charge is -2.30. The van der Waals surface area contributed by atoms with Crippen molar-refractivity contribution in [3.63, 3.8) is 0 Å². The van der Waals surface area contributed by atoms with Crippen molar-refractivity contribution in [3.05, 3.63) is 23.8 Å². The fraction of sp³-hybridized carbons (Fsp3) is 0.682. The van der Waals surface area contributed by atoms with Crippen molar-refractivity contribution in [1.82, 2.24) is 0 Å². The number of carbonyl (C=O) groups excluding carboxylic acids is 3. The van der Waals surface area contributed by atoms with Gasteiger partial charge in [0.1, 0.15) is 18.3 Å². The summed E-state index contributed by atoms with van der Waals surface area (Å²) in [5, 5.41) is 9.94. The van der Waals surface area contributed by atoms with E-state index in [4.69, 9.17) is 18.9 Å². The summed E-state index contributed by atoms with van der Waals surface area (Å²) in [4.78, 5) is 36.5. The van der Waals surface area contributed by atoms with Crippen LogP contribution in [0.2, 0.25) is 0 Å². The highest BCUT2D eigenvalue weighted by Crippen LogP contribution is 2.48. The minimum atomic E-state index is -0.793. The Morgan fingerprint density at radius 1 is 1.40 bits per heavy atom. The molecule has 0 unspecified atom stereocenters. The van der Waals surface area contributed by atoms with Gasteiger partial charge in [-0.15, -0.1) is 0 Å². The SMILES string of the molecule is C=C1C(=O)O[C@@H]2/C=C(/CO)[C@@H](OC(C)=O)C[C@H]3O[C@]3(C)C[C@@H](OC(=O)[C@@H](C)CC)[C@@H]12. The first-order chi connectivity index (χ1) is 14.1. The Hall–Kier alpha value is -2.19. The van der Waals surface area contributed by atoms with E-state index in [9.17, 15) is 19.5 Å². The number of rotatable bonds is 5. The molecule has 3 aliphatic rings. The molecule has 3 rings (SSSR count). The molecule has 0 aromatic carbocycles. The van der Waals surface area contributed by atoms with Gasteiger partial charge < -0.3 is 24.1 Å². The lowest BCUT2D eigenvalue weighted by molar-refractivity contribution is -0.158. The van der Waals surface area contributed by atoms with Crippen molar-refractivity contribution < 1.29 is 38.4 Å². The highest BCUT2D eigenvalue weighted by atomic mass is 16.6. The van der Waals surface area contributed by atoms with Gasteiger partial charge in [0.05, 0.1) is 30.1 Å². The summed E-state index contributed by atoms with van der Waals surface area (Å²) in [6, 6.07) is 0. The van der Waals surface area contributed by atoms with Crippen LogP contribution in [-0.4, -0.2) is 59.6 Å². The van der Waals surface area contributed by atoms with E-state index in [0.717, 1.165) is 0 Å². The third-order valence-electron chi connectivity index (χ3n) is 6.30. The minimum Gasteiger partial charge on any atom is -0.461 e. The van der Waals surface area contributed by atoms with Gasteiger partial charge in [0.2, 0.25) is 0 Å². The zero-order valence-electron chi connectivity index (χ0n) is 17.9. The van der Waals surface area contributed by atoms with E-state index in [2.05, 4.69) is 6.58 Å². The molecule has 166 valence electrons. The Balaban J connectivity index is 2.00. The van der Waals surface area contributed by atoms with E-state index in [0.29, 0.717) is 24.8 Å². The largest absolute Gasteiger partial charge is 0.461 e. The Labute approximate surface area is 176 Å². The summed E-state index contributed by atoms with van der Waals surface area (Å²) >= 11 is 0. The van der Waals surface area contributed by atoms with Crippen LogP contribution in [-0.2, 0) is 33.3 Å². The second kappa shape index (κ2) is 8.51. The highest BCUT2D eigenvalue weighted by molar-refractivity contribution is 5.91. The molecule has 2 fully saturated rings. The molecule has 30 heavy (non-hydrogen) atoms. The summed E-state index contributed by atoms with van der Waals surface area (Å²) in [6.45, 7) is 10.4. The molecule has 8 nitrogen and oxygen atoms in total. The second-order valence-corrected chi connectivity index (χ2v) is 8.56. The maximum Gasteiger partial charge on any atom is 0.334 e.